The summed E-state index contributed by atoms with van der Waals surface area (Å²) in [6, 6.07) is 0.0949. The second-order valence-electron chi connectivity index (χ2n) is 2.89. The predicted octanol–water partition coefficient (Wildman–Crippen LogP) is 0.226. The zero-order valence-electron chi connectivity index (χ0n) is 7.53. The molecule has 0 aromatic carbocycles. The summed E-state index contributed by atoms with van der Waals surface area (Å²) in [6.45, 7) is 0.817. The molecule has 1 rings (SSSR count). The maximum Gasteiger partial charge on any atom is 0.210 e. The van der Waals surface area contributed by atoms with Crippen LogP contribution in [0.5, 0.6) is 0 Å². The van der Waals surface area contributed by atoms with E-state index < -0.39 is 0 Å². The number of hydrogen-bond acceptors (Lipinski definition) is 3. The predicted molar refractivity (Wildman–Crippen MR) is 43.6 cm³/mol. The van der Waals surface area contributed by atoms with Crippen LogP contribution >= 0.6 is 0 Å². The van der Waals surface area contributed by atoms with E-state index in [2.05, 4.69) is 0 Å². The highest BCUT2D eigenvalue weighted by Gasteiger charge is 2.30. The fourth-order valence-electron chi connectivity index (χ4n) is 1.65. The zero-order chi connectivity index (χ0) is 8.97. The van der Waals surface area contributed by atoms with Gasteiger partial charge >= 0.3 is 0 Å². The molecule has 0 saturated carbocycles. The van der Waals surface area contributed by atoms with Gasteiger partial charge in [-0.1, -0.05) is 0 Å². The van der Waals surface area contributed by atoms with Gasteiger partial charge in [0.05, 0.1) is 6.04 Å². The standard InChI is InChI=1S/C8H15NO3/c1-11-8(12-2)7-4-3-5-9(7)6-10/h6-8H,3-5H2,1-2H3. The topological polar surface area (TPSA) is 38.8 Å². The molecule has 0 aliphatic carbocycles. The Morgan fingerprint density at radius 1 is 1.50 bits per heavy atom. The number of rotatable bonds is 4. The molecule has 0 spiro atoms. The minimum atomic E-state index is -0.280. The number of carbonyl (C=O) groups excluding carboxylic acids is 1. The fourth-order valence-corrected chi connectivity index (χ4v) is 1.65. The third kappa shape index (κ3) is 1.76. The number of hydrogen-bond donors (Lipinski definition) is 0. The van der Waals surface area contributed by atoms with E-state index in [1.165, 1.54) is 0 Å². The van der Waals surface area contributed by atoms with Gasteiger partial charge in [-0.3, -0.25) is 4.79 Å². The molecule has 1 unspecified atom stereocenters. The van der Waals surface area contributed by atoms with Crippen LogP contribution in [0.15, 0.2) is 0 Å². The van der Waals surface area contributed by atoms with Gasteiger partial charge in [-0.2, -0.15) is 0 Å². The normalized spacial score (nSPS) is 23.6. The van der Waals surface area contributed by atoms with E-state index in [4.69, 9.17) is 9.47 Å². The Labute approximate surface area is 72.4 Å². The van der Waals surface area contributed by atoms with Crippen molar-refractivity contribution in [1.82, 2.24) is 4.90 Å². The quantitative estimate of drug-likeness (QED) is 0.451. The lowest BCUT2D eigenvalue weighted by atomic mass is 10.2. The summed E-state index contributed by atoms with van der Waals surface area (Å²) in [4.78, 5) is 12.3. The largest absolute Gasteiger partial charge is 0.354 e. The summed E-state index contributed by atoms with van der Waals surface area (Å²) < 4.78 is 10.2. The summed E-state index contributed by atoms with van der Waals surface area (Å²) in [5.74, 6) is 0. The van der Waals surface area contributed by atoms with E-state index in [9.17, 15) is 4.79 Å². The summed E-state index contributed by atoms with van der Waals surface area (Å²) in [6.07, 6.45) is 2.58. The summed E-state index contributed by atoms with van der Waals surface area (Å²) >= 11 is 0. The van der Waals surface area contributed by atoms with E-state index in [1.54, 1.807) is 19.1 Å². The molecule has 1 saturated heterocycles. The van der Waals surface area contributed by atoms with Crippen molar-refractivity contribution in [1.29, 1.82) is 0 Å². The van der Waals surface area contributed by atoms with E-state index >= 15 is 0 Å². The molecule has 12 heavy (non-hydrogen) atoms. The number of methoxy groups -OCH3 is 2. The highest BCUT2D eigenvalue weighted by Crippen LogP contribution is 2.20. The summed E-state index contributed by atoms with van der Waals surface area (Å²) in [5, 5.41) is 0. The Kier molecular flexibility index (Phi) is 3.49. The third-order valence-corrected chi connectivity index (χ3v) is 2.26. The first-order chi connectivity index (χ1) is 5.83. The van der Waals surface area contributed by atoms with E-state index in [0.717, 1.165) is 25.8 Å². The summed E-state index contributed by atoms with van der Waals surface area (Å²) in [7, 11) is 3.19. The van der Waals surface area contributed by atoms with Gasteiger partial charge in [0, 0.05) is 20.8 Å². The van der Waals surface area contributed by atoms with Gasteiger partial charge in [0.25, 0.3) is 0 Å². The highest BCUT2D eigenvalue weighted by molar-refractivity contribution is 5.48. The number of amides is 1. The molecule has 0 bridgehead atoms. The van der Waals surface area contributed by atoms with Gasteiger partial charge in [0.1, 0.15) is 0 Å². The van der Waals surface area contributed by atoms with Gasteiger partial charge < -0.3 is 14.4 Å². The SMILES string of the molecule is COC(OC)C1CCCN1C=O. The Bertz CT molecular complexity index is 147. The van der Waals surface area contributed by atoms with E-state index in [0.29, 0.717) is 0 Å². The Morgan fingerprint density at radius 3 is 2.67 bits per heavy atom. The molecule has 4 heteroatoms. The van der Waals surface area contributed by atoms with Gasteiger partial charge in [-0.25, -0.2) is 0 Å². The van der Waals surface area contributed by atoms with Crippen LogP contribution in [0.3, 0.4) is 0 Å². The highest BCUT2D eigenvalue weighted by atomic mass is 16.7. The lowest BCUT2D eigenvalue weighted by Crippen LogP contribution is -2.40. The van der Waals surface area contributed by atoms with Crippen molar-refractivity contribution >= 4 is 6.41 Å². The maximum atomic E-state index is 10.6. The van der Waals surface area contributed by atoms with Crippen LogP contribution in [0.25, 0.3) is 0 Å². The molecule has 1 fully saturated rings. The molecule has 0 aromatic rings. The van der Waals surface area contributed by atoms with E-state index in [-0.39, 0.29) is 12.3 Å². The van der Waals surface area contributed by atoms with Crippen LogP contribution in [-0.2, 0) is 14.3 Å². The van der Waals surface area contributed by atoms with E-state index in [1.807, 2.05) is 0 Å². The van der Waals surface area contributed by atoms with Gasteiger partial charge in [0.15, 0.2) is 6.29 Å². The van der Waals surface area contributed by atoms with Crippen LogP contribution in [-0.4, -0.2) is 44.4 Å². The van der Waals surface area contributed by atoms with Gasteiger partial charge in [-0.05, 0) is 12.8 Å². The molecule has 1 heterocycles. The molecular weight excluding hydrogens is 158 g/mol. The van der Waals surface area contributed by atoms with Crippen LogP contribution in [0.1, 0.15) is 12.8 Å². The van der Waals surface area contributed by atoms with Crippen LogP contribution in [0, 0.1) is 0 Å². The number of nitrogens with zero attached hydrogens (tertiary/aromatic N) is 1. The van der Waals surface area contributed by atoms with Crippen molar-refractivity contribution in [3.63, 3.8) is 0 Å². The lowest BCUT2D eigenvalue weighted by Gasteiger charge is -2.26. The Hall–Kier alpha value is -0.610. The van der Waals surface area contributed by atoms with Crippen molar-refractivity contribution in [3.05, 3.63) is 0 Å². The summed E-state index contributed by atoms with van der Waals surface area (Å²) in [5.41, 5.74) is 0. The van der Waals surface area contributed by atoms with Gasteiger partial charge in [0.2, 0.25) is 6.41 Å². The molecule has 0 aromatic heterocycles. The average molecular weight is 173 g/mol. The number of likely N-dealkylation sites (tertiary alicyclic amines) is 1. The Morgan fingerprint density at radius 2 is 2.17 bits per heavy atom. The van der Waals surface area contributed by atoms with Crippen molar-refractivity contribution in [2.45, 2.75) is 25.2 Å². The van der Waals surface area contributed by atoms with Crippen molar-refractivity contribution in [2.75, 3.05) is 20.8 Å². The van der Waals surface area contributed by atoms with Crippen LogP contribution < -0.4 is 0 Å². The molecule has 1 atom stereocenters. The maximum absolute atomic E-state index is 10.6. The Balaban J connectivity index is 2.52. The molecule has 0 radical (unpaired) electrons. The number of carbonyl (C=O) groups is 1. The minimum absolute atomic E-state index is 0.0949. The smallest absolute Gasteiger partial charge is 0.210 e. The second kappa shape index (κ2) is 4.42. The molecule has 70 valence electrons. The minimum Gasteiger partial charge on any atom is -0.354 e. The fraction of sp³-hybridized carbons (Fsp3) is 0.875. The first-order valence-corrected chi connectivity index (χ1v) is 4.10. The molecule has 1 aliphatic heterocycles. The molecule has 1 amide bonds. The zero-order valence-corrected chi connectivity index (χ0v) is 7.53. The van der Waals surface area contributed by atoms with Gasteiger partial charge in [-0.15, -0.1) is 0 Å². The third-order valence-electron chi connectivity index (χ3n) is 2.26. The average Bonchev–Trinajstić information content (AvgIpc) is 2.55. The molecule has 1 aliphatic rings. The first kappa shape index (κ1) is 9.48. The van der Waals surface area contributed by atoms with Crippen molar-refractivity contribution < 1.29 is 14.3 Å². The lowest BCUT2D eigenvalue weighted by molar-refractivity contribution is -0.149. The van der Waals surface area contributed by atoms with Crippen LogP contribution in [0.4, 0.5) is 0 Å². The van der Waals surface area contributed by atoms with Crippen molar-refractivity contribution in [3.8, 4) is 0 Å². The first-order valence-electron chi connectivity index (χ1n) is 4.10. The second-order valence-corrected chi connectivity index (χ2v) is 2.89. The van der Waals surface area contributed by atoms with Crippen molar-refractivity contribution in [2.24, 2.45) is 0 Å². The van der Waals surface area contributed by atoms with Crippen LogP contribution in [0.2, 0.25) is 0 Å². The molecule has 4 nitrogen and oxygen atoms in total. The number of ether oxygens (including phenoxy) is 2. The molecular formula is C8H15NO3. The monoisotopic (exact) mass is 173 g/mol. The molecule has 0 N–H and O–H groups in total.